The molecule has 154 valence electrons. The van der Waals surface area contributed by atoms with Gasteiger partial charge >= 0.3 is 0 Å². The van der Waals surface area contributed by atoms with Crippen LogP contribution < -0.4 is 15.5 Å². The Labute approximate surface area is 190 Å². The molecule has 0 atom stereocenters. The fourth-order valence-corrected chi connectivity index (χ4v) is 5.29. The zero-order valence-electron chi connectivity index (χ0n) is 16.3. The molecule has 4 aromatic rings. The maximum atomic E-state index is 4.67. The highest BCUT2D eigenvalue weighted by Gasteiger charge is 2.19. The van der Waals surface area contributed by atoms with Gasteiger partial charge in [0.25, 0.3) is 0 Å². The van der Waals surface area contributed by atoms with Gasteiger partial charge in [0.05, 0.1) is 22.4 Å². The maximum absolute atomic E-state index is 4.67. The molecule has 2 N–H and O–H groups in total. The van der Waals surface area contributed by atoms with Crippen LogP contribution in [0.5, 0.6) is 0 Å². The Morgan fingerprint density at radius 2 is 1.83 bits per heavy atom. The van der Waals surface area contributed by atoms with Gasteiger partial charge in [-0.05, 0) is 56.1 Å². The van der Waals surface area contributed by atoms with Gasteiger partial charge in [-0.1, -0.05) is 0 Å². The van der Waals surface area contributed by atoms with Gasteiger partial charge in [0.1, 0.15) is 4.60 Å². The number of anilines is 3. The molecule has 4 heterocycles. The van der Waals surface area contributed by atoms with Crippen LogP contribution in [0.25, 0.3) is 16.6 Å². The number of fused-ring (bicyclic) bond motifs is 1. The van der Waals surface area contributed by atoms with Crippen molar-refractivity contribution < 1.29 is 0 Å². The van der Waals surface area contributed by atoms with Gasteiger partial charge < -0.3 is 15.5 Å². The van der Waals surface area contributed by atoms with E-state index in [2.05, 4.69) is 86.8 Å². The van der Waals surface area contributed by atoms with Crippen molar-refractivity contribution in [1.82, 2.24) is 29.7 Å². The maximum Gasteiger partial charge on any atom is 0.245 e. The van der Waals surface area contributed by atoms with Crippen molar-refractivity contribution in [2.45, 2.75) is 0 Å². The van der Waals surface area contributed by atoms with Crippen molar-refractivity contribution in [2.24, 2.45) is 7.05 Å². The molecule has 1 aliphatic heterocycles. The molecule has 1 fully saturated rings. The molecule has 8 nitrogen and oxygen atoms in total. The highest BCUT2D eigenvalue weighted by molar-refractivity contribution is 9.11. The van der Waals surface area contributed by atoms with E-state index in [9.17, 15) is 0 Å². The first kappa shape index (κ1) is 19.5. The summed E-state index contributed by atoms with van der Waals surface area (Å²) in [4.78, 5) is 6.88. The minimum atomic E-state index is 0.526. The Morgan fingerprint density at radius 3 is 2.53 bits per heavy atom. The quantitative estimate of drug-likeness (QED) is 0.417. The van der Waals surface area contributed by atoms with Crippen molar-refractivity contribution in [3.63, 3.8) is 0 Å². The van der Waals surface area contributed by atoms with Crippen LogP contribution in [0.15, 0.2) is 51.9 Å². The molecule has 0 radical (unpaired) electrons. The van der Waals surface area contributed by atoms with E-state index in [1.165, 1.54) is 5.69 Å². The molecule has 0 unspecified atom stereocenters. The third-order valence-corrected chi connectivity index (χ3v) is 6.70. The molecule has 0 amide bonds. The first-order valence-corrected chi connectivity index (χ1v) is 11.2. The summed E-state index contributed by atoms with van der Waals surface area (Å²) in [5.41, 5.74) is 5.05. The van der Waals surface area contributed by atoms with Gasteiger partial charge in [0.2, 0.25) is 5.95 Å². The number of aromatic nitrogens is 5. The van der Waals surface area contributed by atoms with E-state index in [-0.39, 0.29) is 0 Å². The number of halogens is 2. The van der Waals surface area contributed by atoms with Crippen LogP contribution in [0, 0.1) is 0 Å². The smallest absolute Gasteiger partial charge is 0.245 e. The molecule has 1 aromatic carbocycles. The summed E-state index contributed by atoms with van der Waals surface area (Å²) in [6.45, 7) is 4.11. The lowest BCUT2D eigenvalue weighted by Crippen LogP contribution is -2.43. The summed E-state index contributed by atoms with van der Waals surface area (Å²) < 4.78 is 5.38. The number of aryl methyl sites for hydroxylation is 1. The van der Waals surface area contributed by atoms with Gasteiger partial charge in [0.15, 0.2) is 0 Å². The second kappa shape index (κ2) is 8.01. The summed E-state index contributed by atoms with van der Waals surface area (Å²) in [6, 6.07) is 8.39. The standard InChI is InChI=1S/C20H20Br2N8/c1-28-12-13(10-25-28)17-18(21)16-11-24-20(27-30(16)19(17)22)26-14-2-4-15(5-3-14)29-8-6-23-7-9-29/h2-5,10-12,23H,6-9H2,1H3,(H,26,27). The number of piperazine rings is 1. The molecule has 1 saturated heterocycles. The van der Waals surface area contributed by atoms with Gasteiger partial charge in [-0.2, -0.15) is 5.10 Å². The SMILES string of the molecule is Cn1cc(-c2c(Br)c3cnc(Nc4ccc(N5CCNCC5)cc4)nn3c2Br)cn1. The van der Waals surface area contributed by atoms with E-state index < -0.39 is 0 Å². The van der Waals surface area contributed by atoms with Crippen LogP contribution in [0.2, 0.25) is 0 Å². The molecule has 0 spiro atoms. The highest BCUT2D eigenvalue weighted by Crippen LogP contribution is 2.39. The van der Waals surface area contributed by atoms with Crippen LogP contribution in [-0.2, 0) is 7.05 Å². The van der Waals surface area contributed by atoms with E-state index in [0.717, 1.165) is 57.6 Å². The van der Waals surface area contributed by atoms with E-state index in [1.54, 1.807) is 10.9 Å². The van der Waals surface area contributed by atoms with Crippen molar-refractivity contribution in [2.75, 3.05) is 36.4 Å². The number of nitrogens with zero attached hydrogens (tertiary/aromatic N) is 6. The number of benzene rings is 1. The molecule has 1 aliphatic rings. The predicted molar refractivity (Wildman–Crippen MR) is 125 cm³/mol. The lowest BCUT2D eigenvalue weighted by molar-refractivity contribution is 0.589. The third-order valence-electron chi connectivity index (χ3n) is 5.17. The molecule has 0 aliphatic carbocycles. The lowest BCUT2D eigenvalue weighted by atomic mass is 10.2. The zero-order chi connectivity index (χ0) is 20.7. The Bertz CT molecular complexity index is 1190. The van der Waals surface area contributed by atoms with Crippen LogP contribution in [0.4, 0.5) is 17.3 Å². The predicted octanol–water partition coefficient (Wildman–Crippen LogP) is 3.81. The van der Waals surface area contributed by atoms with Gasteiger partial charge in [-0.25, -0.2) is 9.50 Å². The Kier molecular flexibility index (Phi) is 5.21. The summed E-state index contributed by atoms with van der Waals surface area (Å²) >= 11 is 7.38. The van der Waals surface area contributed by atoms with E-state index in [4.69, 9.17) is 0 Å². The van der Waals surface area contributed by atoms with E-state index >= 15 is 0 Å². The molecule has 5 rings (SSSR count). The van der Waals surface area contributed by atoms with Crippen LogP contribution in [0.1, 0.15) is 0 Å². The summed E-state index contributed by atoms with van der Waals surface area (Å²) in [5, 5.41) is 15.6. The summed E-state index contributed by atoms with van der Waals surface area (Å²) in [6.07, 6.45) is 5.60. The minimum absolute atomic E-state index is 0.526. The topological polar surface area (TPSA) is 75.3 Å². The average molecular weight is 532 g/mol. The number of rotatable bonds is 4. The summed E-state index contributed by atoms with van der Waals surface area (Å²) in [5.74, 6) is 0.526. The molecule has 0 saturated carbocycles. The molecule has 10 heteroatoms. The largest absolute Gasteiger partial charge is 0.369 e. The second-order valence-electron chi connectivity index (χ2n) is 7.17. The van der Waals surface area contributed by atoms with Crippen LogP contribution >= 0.6 is 31.9 Å². The first-order valence-electron chi connectivity index (χ1n) is 9.64. The van der Waals surface area contributed by atoms with E-state index in [0.29, 0.717) is 5.95 Å². The van der Waals surface area contributed by atoms with Gasteiger partial charge in [0, 0.05) is 61.9 Å². The van der Waals surface area contributed by atoms with Gasteiger partial charge in [-0.3, -0.25) is 4.68 Å². The monoisotopic (exact) mass is 530 g/mol. The Hall–Kier alpha value is -2.43. The van der Waals surface area contributed by atoms with Gasteiger partial charge in [-0.15, -0.1) is 5.10 Å². The number of hydrogen-bond donors (Lipinski definition) is 2. The van der Waals surface area contributed by atoms with Crippen LogP contribution in [-0.4, -0.2) is 50.6 Å². The van der Waals surface area contributed by atoms with Crippen molar-refractivity contribution in [3.8, 4) is 11.1 Å². The Balaban J connectivity index is 1.42. The minimum Gasteiger partial charge on any atom is -0.369 e. The van der Waals surface area contributed by atoms with E-state index in [1.807, 2.05) is 24.0 Å². The third kappa shape index (κ3) is 3.59. The molecule has 0 bridgehead atoms. The zero-order valence-corrected chi connectivity index (χ0v) is 19.5. The average Bonchev–Trinajstić information content (AvgIpc) is 3.30. The van der Waals surface area contributed by atoms with Crippen LogP contribution in [0.3, 0.4) is 0 Å². The molecular weight excluding hydrogens is 512 g/mol. The number of nitrogens with one attached hydrogen (secondary N) is 2. The Morgan fingerprint density at radius 1 is 1.07 bits per heavy atom. The molecule has 3 aromatic heterocycles. The molecule has 30 heavy (non-hydrogen) atoms. The number of hydrogen-bond acceptors (Lipinski definition) is 6. The highest BCUT2D eigenvalue weighted by atomic mass is 79.9. The fraction of sp³-hybridized carbons (Fsp3) is 0.250. The second-order valence-corrected chi connectivity index (χ2v) is 8.71. The normalized spacial score (nSPS) is 14.4. The van der Waals surface area contributed by atoms with Crippen molar-refractivity contribution in [3.05, 3.63) is 51.9 Å². The molecular formula is C20H20Br2N8. The summed E-state index contributed by atoms with van der Waals surface area (Å²) in [7, 11) is 1.90. The fourth-order valence-electron chi connectivity index (χ4n) is 3.64. The van der Waals surface area contributed by atoms with Crippen molar-refractivity contribution >= 4 is 54.7 Å². The first-order chi connectivity index (χ1) is 14.6. The lowest BCUT2D eigenvalue weighted by Gasteiger charge is -2.29. The van der Waals surface area contributed by atoms with Crippen molar-refractivity contribution in [1.29, 1.82) is 0 Å².